The Morgan fingerprint density at radius 1 is 0.923 bits per heavy atom. The lowest BCUT2D eigenvalue weighted by molar-refractivity contribution is 0.00578. The molecule has 0 aromatic rings. The zero-order chi connectivity index (χ0) is 10.7. The van der Waals surface area contributed by atoms with Crippen LogP contribution in [0.3, 0.4) is 0 Å². The molecule has 1 saturated heterocycles. The van der Waals surface area contributed by atoms with Crippen molar-refractivity contribution < 1.29 is 9.31 Å². The van der Waals surface area contributed by atoms with Crippen molar-refractivity contribution in [1.82, 2.24) is 0 Å². The zero-order valence-corrected chi connectivity index (χ0v) is 9.97. The molecule has 0 N–H and O–H groups in total. The summed E-state index contributed by atoms with van der Waals surface area (Å²) in [6, 6.07) is 0. The van der Waals surface area contributed by atoms with Crippen LogP contribution in [0.1, 0.15) is 27.7 Å². The van der Waals surface area contributed by atoms with E-state index in [1.165, 1.54) is 0 Å². The maximum Gasteiger partial charge on any atom is 0.454 e. The van der Waals surface area contributed by atoms with E-state index >= 15 is 0 Å². The van der Waals surface area contributed by atoms with Crippen LogP contribution in [-0.4, -0.2) is 25.6 Å². The van der Waals surface area contributed by atoms with Gasteiger partial charge in [-0.2, -0.15) is 0 Å². The van der Waals surface area contributed by atoms with Crippen molar-refractivity contribution in [3.8, 4) is 0 Å². The van der Waals surface area contributed by atoms with Gasteiger partial charge in [-0.05, 0) is 34.5 Å². The van der Waals surface area contributed by atoms with E-state index in [9.17, 15) is 0 Å². The second-order valence-corrected chi connectivity index (χ2v) is 4.40. The van der Waals surface area contributed by atoms with Crippen molar-refractivity contribution in [3.63, 3.8) is 0 Å². The van der Waals surface area contributed by atoms with Crippen LogP contribution in [0.5, 0.6) is 0 Å². The van der Waals surface area contributed by atoms with E-state index in [4.69, 9.17) is 9.31 Å². The molecule has 0 aliphatic carbocycles. The lowest BCUT2D eigenvalue weighted by Crippen LogP contribution is -2.41. The van der Waals surface area contributed by atoms with E-state index in [0.717, 1.165) is 0 Å². The molecule has 1 aliphatic heterocycles. The molecule has 1 aliphatic rings. The lowest BCUT2D eigenvalue weighted by atomic mass is 9.88. The second kappa shape index (κ2) is 4.52. The molecule has 2 nitrogen and oxygen atoms in total. The molecule has 1 fully saturated rings. The third kappa shape index (κ3) is 3.35. The lowest BCUT2D eigenvalue weighted by Gasteiger charge is -2.32. The van der Waals surface area contributed by atoms with Gasteiger partial charge in [0.2, 0.25) is 0 Å². The third-order valence-electron chi connectivity index (χ3n) is 2.37. The minimum Gasteiger partial charge on any atom is -0.403 e. The maximum absolute atomic E-state index is 5.54. The van der Waals surface area contributed by atoms with E-state index in [-0.39, 0.29) is 18.3 Å². The smallest absolute Gasteiger partial charge is 0.403 e. The van der Waals surface area contributed by atoms with Crippen LogP contribution >= 0.6 is 0 Å². The summed E-state index contributed by atoms with van der Waals surface area (Å²) < 4.78 is 11.1. The molecule has 0 amide bonds. The van der Waals surface area contributed by atoms with Gasteiger partial charge < -0.3 is 9.31 Å². The molecule has 75 valence electrons. The van der Waals surface area contributed by atoms with Gasteiger partial charge in [0.05, 0.1) is 11.2 Å². The van der Waals surface area contributed by atoms with Crippen LogP contribution in [0.2, 0.25) is 20.5 Å². The number of hydrogen-bond acceptors (Lipinski definition) is 2. The van der Waals surface area contributed by atoms with E-state index < -0.39 is 0 Å². The fourth-order valence-corrected chi connectivity index (χ4v) is 1.14. The van der Waals surface area contributed by atoms with Crippen LogP contribution in [-0.2, 0) is 9.31 Å². The number of hydrogen-bond donors (Lipinski definition) is 0. The molecule has 1 rings (SSSR count). The molecule has 1 heterocycles. The summed E-state index contributed by atoms with van der Waals surface area (Å²) in [6.45, 7) is 14.1. The second-order valence-electron chi connectivity index (χ2n) is 4.40. The summed E-state index contributed by atoms with van der Waals surface area (Å²) in [6.07, 6.45) is 0. The van der Waals surface area contributed by atoms with Gasteiger partial charge >= 0.3 is 7.12 Å². The van der Waals surface area contributed by atoms with Gasteiger partial charge in [-0.15, -0.1) is 0 Å². The predicted octanol–water partition coefficient (Wildman–Crippen LogP) is 2.50. The van der Waals surface area contributed by atoms with Crippen molar-refractivity contribution in [2.24, 2.45) is 0 Å². The van der Waals surface area contributed by atoms with Crippen molar-refractivity contribution in [1.29, 1.82) is 0 Å². The van der Waals surface area contributed by atoms with Crippen LogP contribution in [0.15, 0.2) is 0 Å². The molecule has 0 saturated carbocycles. The first kappa shape index (κ1) is 13.0. The normalized spacial score (nSPS) is 23.5. The van der Waals surface area contributed by atoms with Crippen molar-refractivity contribution in [3.05, 3.63) is 0 Å². The first-order valence-corrected chi connectivity index (χ1v) is 4.86. The Balaban J connectivity index is 0.000000424. The summed E-state index contributed by atoms with van der Waals surface area (Å²) >= 11 is 0. The molecule has 1 radical (unpaired) electrons. The molecule has 0 unspecified atom stereocenters. The third-order valence-corrected chi connectivity index (χ3v) is 2.37. The highest BCUT2D eigenvalue weighted by molar-refractivity contribution is 6.43. The Labute approximate surface area is 83.8 Å². The van der Waals surface area contributed by atoms with Crippen molar-refractivity contribution >= 4 is 14.4 Å². The van der Waals surface area contributed by atoms with Crippen molar-refractivity contribution in [2.75, 3.05) is 0 Å². The molecule has 0 aromatic heterocycles. The fraction of sp³-hybridized carbons (Fsp3) is 1.00. The Kier molecular flexibility index (Phi) is 4.53. The van der Waals surface area contributed by atoms with E-state index in [0.29, 0.717) is 0 Å². The standard InChI is InChI=1S/C7H15BO2.C2H6B/c1-6(2)7(3,4)10-8(5)9-6;1-3-2/h1-5H3;1-2H3. The summed E-state index contributed by atoms with van der Waals surface area (Å²) in [4.78, 5) is 0. The Bertz CT molecular complexity index is 142. The highest BCUT2D eigenvalue weighted by Gasteiger charge is 2.48. The summed E-state index contributed by atoms with van der Waals surface area (Å²) in [7, 11) is 1.94. The molecule has 13 heavy (non-hydrogen) atoms. The van der Waals surface area contributed by atoms with Crippen LogP contribution < -0.4 is 0 Å². The fourth-order valence-electron chi connectivity index (χ4n) is 1.14. The minimum atomic E-state index is -0.160. The summed E-state index contributed by atoms with van der Waals surface area (Å²) in [5, 5.41) is 0. The summed E-state index contributed by atoms with van der Waals surface area (Å²) in [5.41, 5.74) is -0.321. The number of rotatable bonds is 0. The van der Waals surface area contributed by atoms with E-state index in [1.807, 2.05) is 27.7 Å². The van der Waals surface area contributed by atoms with Crippen molar-refractivity contribution in [2.45, 2.75) is 59.4 Å². The maximum atomic E-state index is 5.54. The summed E-state index contributed by atoms with van der Waals surface area (Å²) in [5.74, 6) is 0. The molecule has 0 spiro atoms. The van der Waals surface area contributed by atoms with E-state index in [1.54, 1.807) is 0 Å². The Morgan fingerprint density at radius 2 is 1.15 bits per heavy atom. The largest absolute Gasteiger partial charge is 0.454 e. The SMILES string of the molecule is CB1OC(C)(C)C(C)(C)O1.C[B]C. The van der Waals surface area contributed by atoms with Crippen LogP contribution in [0.4, 0.5) is 0 Å². The van der Waals surface area contributed by atoms with Gasteiger partial charge in [-0.25, -0.2) is 0 Å². The topological polar surface area (TPSA) is 18.5 Å². The Morgan fingerprint density at radius 3 is 1.23 bits per heavy atom. The monoisotopic (exact) mass is 183 g/mol. The Hall–Kier alpha value is 0.0499. The van der Waals surface area contributed by atoms with Gasteiger partial charge in [-0.3, -0.25) is 0 Å². The molecule has 0 aromatic carbocycles. The zero-order valence-electron chi connectivity index (χ0n) is 9.97. The molecule has 0 bridgehead atoms. The van der Waals surface area contributed by atoms with E-state index in [2.05, 4.69) is 27.7 Å². The quantitative estimate of drug-likeness (QED) is 0.537. The highest BCUT2D eigenvalue weighted by atomic mass is 16.7. The van der Waals surface area contributed by atoms with Gasteiger partial charge in [0.15, 0.2) is 0 Å². The molecule has 4 heteroatoms. The molecular formula is C9H21B2O2. The average molecular weight is 183 g/mol. The molecular weight excluding hydrogens is 162 g/mol. The average Bonchev–Trinajstić information content (AvgIpc) is 2.00. The predicted molar refractivity (Wildman–Crippen MR) is 59.4 cm³/mol. The van der Waals surface area contributed by atoms with Gasteiger partial charge in [-0.1, -0.05) is 13.6 Å². The van der Waals surface area contributed by atoms with Gasteiger partial charge in [0, 0.05) is 0 Å². The first-order chi connectivity index (χ1) is 5.77. The minimum absolute atomic E-state index is 0.0648. The molecule has 0 atom stereocenters. The van der Waals surface area contributed by atoms with Crippen LogP contribution in [0.25, 0.3) is 0 Å². The highest BCUT2D eigenvalue weighted by Crippen LogP contribution is 2.36. The van der Waals surface area contributed by atoms with Gasteiger partial charge in [0.25, 0.3) is 0 Å². The first-order valence-electron chi connectivity index (χ1n) is 4.86. The van der Waals surface area contributed by atoms with Crippen LogP contribution in [0, 0.1) is 0 Å². The van der Waals surface area contributed by atoms with Gasteiger partial charge in [0.1, 0.15) is 7.28 Å².